The lowest BCUT2D eigenvalue weighted by Crippen LogP contribution is -2.59. The third-order valence-electron chi connectivity index (χ3n) is 9.82. The van der Waals surface area contributed by atoms with Crippen LogP contribution >= 0.6 is 11.3 Å². The maximum absolute atomic E-state index is 12.3. The molecule has 2 aromatic heterocycles. The van der Waals surface area contributed by atoms with Gasteiger partial charge in [-0.2, -0.15) is 0 Å². The van der Waals surface area contributed by atoms with E-state index in [-0.39, 0.29) is 23.3 Å². The predicted molar refractivity (Wildman–Crippen MR) is 131 cm³/mol. The van der Waals surface area contributed by atoms with Gasteiger partial charge in [0.25, 0.3) is 5.91 Å². The first kappa shape index (κ1) is 22.0. The molecule has 3 heterocycles. The molecule has 7 atom stereocenters. The summed E-state index contributed by atoms with van der Waals surface area (Å²) in [6, 6.07) is 0.289. The average Bonchev–Trinajstić information content (AvgIpc) is 3.56. The first-order valence-electron chi connectivity index (χ1n) is 12.6. The number of hydrogen-bond acceptors (Lipinski definition) is 5. The Labute approximate surface area is 204 Å². The van der Waals surface area contributed by atoms with E-state index < -0.39 is 0 Å². The van der Waals surface area contributed by atoms with E-state index in [0.717, 1.165) is 30.4 Å². The lowest BCUT2D eigenvalue weighted by Gasteiger charge is -2.59. The van der Waals surface area contributed by atoms with E-state index >= 15 is 0 Å². The lowest BCUT2D eigenvalue weighted by molar-refractivity contribution is -0.122. The van der Waals surface area contributed by atoms with Crippen molar-refractivity contribution in [1.29, 1.82) is 0 Å². The highest BCUT2D eigenvalue weighted by atomic mass is 32.1. The highest BCUT2D eigenvalue weighted by Gasteiger charge is 2.59. The van der Waals surface area contributed by atoms with Crippen LogP contribution in [0, 0.1) is 34.5 Å². The van der Waals surface area contributed by atoms with Crippen LogP contribution < -0.4 is 10.6 Å². The quantitative estimate of drug-likeness (QED) is 0.598. The number of aromatic nitrogens is 3. The van der Waals surface area contributed by atoms with Crippen LogP contribution in [0.5, 0.6) is 0 Å². The zero-order chi connectivity index (χ0) is 23.5. The molecular formula is C26H33N5O2S. The van der Waals surface area contributed by atoms with E-state index in [4.69, 9.17) is 4.98 Å². The third-order valence-corrected chi connectivity index (χ3v) is 10.6. The number of carbonyl (C=O) groups is 2. The summed E-state index contributed by atoms with van der Waals surface area (Å²) in [7, 11) is 0. The lowest BCUT2D eigenvalue weighted by atomic mass is 9.48. The third kappa shape index (κ3) is 3.44. The van der Waals surface area contributed by atoms with E-state index in [1.165, 1.54) is 43.4 Å². The molecule has 4 aliphatic rings. The maximum atomic E-state index is 12.3. The predicted octanol–water partition coefficient (Wildman–Crippen LogP) is 4.57. The molecule has 1 aliphatic heterocycles. The fourth-order valence-electron chi connectivity index (χ4n) is 8.03. The van der Waals surface area contributed by atoms with Gasteiger partial charge in [-0.1, -0.05) is 19.9 Å². The second kappa shape index (κ2) is 8.04. The number of aromatic amines is 1. The van der Waals surface area contributed by atoms with Gasteiger partial charge in [-0.05, 0) is 80.1 Å². The Kier molecular flexibility index (Phi) is 5.20. The number of fused-ring (bicyclic) bond motifs is 5. The molecule has 3 aliphatic carbocycles. The highest BCUT2D eigenvalue weighted by Crippen LogP contribution is 2.65. The van der Waals surface area contributed by atoms with Crippen molar-refractivity contribution in [3.63, 3.8) is 0 Å². The molecular weight excluding hydrogens is 446 g/mol. The second-order valence-corrected chi connectivity index (χ2v) is 12.1. The Morgan fingerprint density at radius 2 is 2.09 bits per heavy atom. The van der Waals surface area contributed by atoms with Crippen molar-refractivity contribution >= 4 is 28.3 Å². The Balaban J connectivity index is 1.16. The summed E-state index contributed by atoms with van der Waals surface area (Å²) < 4.78 is 0. The number of rotatable bonds is 4. The maximum Gasteiger partial charge on any atom is 0.293 e. The van der Waals surface area contributed by atoms with Crippen molar-refractivity contribution in [2.75, 3.05) is 5.32 Å². The number of imidazole rings is 1. The number of hydrogen-bond donors (Lipinski definition) is 3. The minimum absolute atomic E-state index is 0.0745. The Bertz CT molecular complexity index is 1130. The van der Waals surface area contributed by atoms with Gasteiger partial charge in [-0.25, -0.2) is 9.97 Å². The molecule has 8 heteroatoms. The van der Waals surface area contributed by atoms with Gasteiger partial charge in [0.15, 0.2) is 11.0 Å². The fourth-order valence-corrected chi connectivity index (χ4v) is 8.75. The number of H-pyrrole nitrogens is 1. The van der Waals surface area contributed by atoms with Gasteiger partial charge in [0, 0.05) is 29.2 Å². The molecule has 180 valence electrons. The van der Waals surface area contributed by atoms with Crippen molar-refractivity contribution in [2.45, 2.75) is 64.8 Å². The number of nitrogens with zero attached hydrogens (tertiary/aromatic N) is 2. The van der Waals surface area contributed by atoms with Crippen molar-refractivity contribution in [1.82, 2.24) is 20.3 Å². The Hall–Kier alpha value is -2.48. The van der Waals surface area contributed by atoms with E-state index in [1.807, 2.05) is 0 Å². The van der Waals surface area contributed by atoms with Crippen LogP contribution in [0.25, 0.3) is 0 Å². The molecule has 3 fully saturated rings. The smallest absolute Gasteiger partial charge is 0.293 e. The molecule has 3 saturated carbocycles. The van der Waals surface area contributed by atoms with Gasteiger partial charge in [-0.3, -0.25) is 14.9 Å². The molecule has 0 radical (unpaired) electrons. The van der Waals surface area contributed by atoms with Crippen LogP contribution in [0.15, 0.2) is 29.9 Å². The highest BCUT2D eigenvalue weighted by molar-refractivity contribution is 7.13. The average molecular weight is 480 g/mol. The van der Waals surface area contributed by atoms with Crippen LogP contribution in [0.1, 0.15) is 68.7 Å². The molecule has 0 aromatic carbocycles. The van der Waals surface area contributed by atoms with Crippen LogP contribution in [0.3, 0.4) is 0 Å². The van der Waals surface area contributed by atoms with Crippen LogP contribution in [-0.4, -0.2) is 32.8 Å². The number of anilines is 1. The molecule has 2 aromatic rings. The number of thiazole rings is 1. The summed E-state index contributed by atoms with van der Waals surface area (Å²) in [6.45, 7) is 4.91. The van der Waals surface area contributed by atoms with Gasteiger partial charge in [0.05, 0.1) is 5.69 Å². The molecule has 0 bridgehead atoms. The zero-order valence-corrected chi connectivity index (χ0v) is 20.7. The number of amides is 2. The van der Waals surface area contributed by atoms with E-state index in [9.17, 15) is 9.59 Å². The summed E-state index contributed by atoms with van der Waals surface area (Å²) in [4.78, 5) is 35.8. The Morgan fingerprint density at radius 3 is 2.91 bits per heavy atom. The summed E-state index contributed by atoms with van der Waals surface area (Å²) in [6.07, 6.45) is 15.6. The molecule has 0 spiro atoms. The minimum Gasteiger partial charge on any atom is -0.349 e. The summed E-state index contributed by atoms with van der Waals surface area (Å²) in [5.41, 5.74) is 1.52. The van der Waals surface area contributed by atoms with Crippen molar-refractivity contribution in [3.05, 3.63) is 41.4 Å². The molecule has 0 saturated heterocycles. The van der Waals surface area contributed by atoms with Crippen LogP contribution in [-0.2, 0) is 11.2 Å². The summed E-state index contributed by atoms with van der Waals surface area (Å²) in [5, 5.41) is 8.86. The Morgan fingerprint density at radius 1 is 1.21 bits per heavy atom. The van der Waals surface area contributed by atoms with Crippen molar-refractivity contribution in [2.24, 2.45) is 34.5 Å². The van der Waals surface area contributed by atoms with Crippen LogP contribution in [0.2, 0.25) is 0 Å². The van der Waals surface area contributed by atoms with E-state index in [1.54, 1.807) is 18.5 Å². The SMILES string of the molecule is C[C@]12C=CC(=O)N[C@@H]1CC[C@@H]1[C@@H]2CC[C@]2(C)[C@@H](Cc3csc(NC(=O)c4ncc[nH]4)n3)CC[C@@H]12. The van der Waals surface area contributed by atoms with Crippen molar-refractivity contribution in [3.8, 4) is 0 Å². The second-order valence-electron chi connectivity index (χ2n) is 11.3. The first-order chi connectivity index (χ1) is 16.4. The van der Waals surface area contributed by atoms with E-state index in [0.29, 0.717) is 28.2 Å². The minimum atomic E-state index is -0.255. The van der Waals surface area contributed by atoms with Gasteiger partial charge < -0.3 is 10.3 Å². The van der Waals surface area contributed by atoms with Gasteiger partial charge in [0.2, 0.25) is 5.91 Å². The first-order valence-corrected chi connectivity index (χ1v) is 13.5. The number of nitrogens with one attached hydrogen (secondary N) is 3. The van der Waals surface area contributed by atoms with Gasteiger partial charge >= 0.3 is 0 Å². The normalized spacial score (nSPS) is 38.5. The largest absolute Gasteiger partial charge is 0.349 e. The van der Waals surface area contributed by atoms with Crippen molar-refractivity contribution < 1.29 is 9.59 Å². The van der Waals surface area contributed by atoms with E-state index in [2.05, 4.69) is 45.9 Å². The van der Waals surface area contributed by atoms with Crippen LogP contribution in [0.4, 0.5) is 5.13 Å². The topological polar surface area (TPSA) is 99.8 Å². The summed E-state index contributed by atoms with van der Waals surface area (Å²) in [5.74, 6) is 2.89. The van der Waals surface area contributed by atoms with Gasteiger partial charge in [0.1, 0.15) is 0 Å². The summed E-state index contributed by atoms with van der Waals surface area (Å²) >= 11 is 1.49. The molecule has 7 nitrogen and oxygen atoms in total. The molecule has 2 amide bonds. The molecule has 6 rings (SSSR count). The zero-order valence-electron chi connectivity index (χ0n) is 19.8. The number of carbonyl (C=O) groups excluding carboxylic acids is 2. The molecule has 34 heavy (non-hydrogen) atoms. The molecule has 0 unspecified atom stereocenters. The standard InChI is InChI=1S/C26H33N5O2S/c1-25-9-7-19-17(4-6-20-26(19,2)10-8-21(32)30-20)18(25)5-3-15(25)13-16-14-34-24(29-16)31-23(33)22-27-11-12-28-22/h8,10-12,14-15,17-20H,3-7,9,13H2,1-2H3,(H,27,28)(H,30,32)(H,29,31,33)/t15-,17+,18+,19+,20-,25-,26-/m1/s1. The monoisotopic (exact) mass is 479 g/mol. The molecule has 3 N–H and O–H groups in total. The fraction of sp³-hybridized carbons (Fsp3) is 0.615. The van der Waals surface area contributed by atoms with Gasteiger partial charge in [-0.15, -0.1) is 11.3 Å².